The van der Waals surface area contributed by atoms with Crippen molar-refractivity contribution in [3.8, 4) is 0 Å². The van der Waals surface area contributed by atoms with Gasteiger partial charge in [0, 0.05) is 5.54 Å². The minimum absolute atomic E-state index is 0.0705. The van der Waals surface area contributed by atoms with Crippen LogP contribution in [0.25, 0.3) is 0 Å². The summed E-state index contributed by atoms with van der Waals surface area (Å²) in [4.78, 5) is 10.8. The first-order valence-electron chi connectivity index (χ1n) is 5.54. The van der Waals surface area contributed by atoms with Crippen LogP contribution in [0.4, 0.5) is 0 Å². The topological polar surface area (TPSA) is 63.3 Å². The van der Waals surface area contributed by atoms with Gasteiger partial charge in [0.2, 0.25) is 0 Å². The molecule has 0 aromatic carbocycles. The van der Waals surface area contributed by atoms with Gasteiger partial charge in [0.15, 0.2) is 0 Å². The van der Waals surface area contributed by atoms with E-state index in [2.05, 4.69) is 34.6 Å². The predicted octanol–water partition coefficient (Wildman–Crippen LogP) is 2.25. The third-order valence-electron chi connectivity index (χ3n) is 4.94. The number of carboxylic acids is 1. The maximum Gasteiger partial charge on any atom is 0.305 e. The molecule has 0 aliphatic heterocycles. The van der Waals surface area contributed by atoms with Gasteiger partial charge in [0.1, 0.15) is 0 Å². The summed E-state index contributed by atoms with van der Waals surface area (Å²) >= 11 is 0. The van der Waals surface area contributed by atoms with Crippen molar-refractivity contribution in [3.63, 3.8) is 0 Å². The lowest BCUT2D eigenvalue weighted by atomic mass is 9.67. The molecule has 0 amide bonds. The Labute approximate surface area is 92.0 Å². The van der Waals surface area contributed by atoms with Gasteiger partial charge in [0.05, 0.1) is 6.42 Å². The van der Waals surface area contributed by atoms with Crippen molar-refractivity contribution in [3.05, 3.63) is 0 Å². The van der Waals surface area contributed by atoms with Gasteiger partial charge in [-0.25, -0.2) is 0 Å². The van der Waals surface area contributed by atoms with E-state index >= 15 is 0 Å². The molecule has 3 heteroatoms. The van der Waals surface area contributed by atoms with Crippen molar-refractivity contribution >= 4 is 5.97 Å². The molecule has 0 radical (unpaired) electrons. The largest absolute Gasteiger partial charge is 0.481 e. The summed E-state index contributed by atoms with van der Waals surface area (Å²) in [7, 11) is 0. The molecule has 1 rings (SSSR count). The quantitative estimate of drug-likeness (QED) is 0.739. The average molecular weight is 213 g/mol. The van der Waals surface area contributed by atoms with Crippen molar-refractivity contribution in [2.45, 2.75) is 53.0 Å². The summed E-state index contributed by atoms with van der Waals surface area (Å²) in [5, 5.41) is 8.92. The molecule has 0 aromatic rings. The van der Waals surface area contributed by atoms with E-state index < -0.39 is 11.5 Å². The maximum absolute atomic E-state index is 10.8. The monoisotopic (exact) mass is 213 g/mol. The zero-order valence-corrected chi connectivity index (χ0v) is 10.4. The van der Waals surface area contributed by atoms with E-state index in [-0.39, 0.29) is 23.2 Å². The third kappa shape index (κ3) is 1.78. The van der Waals surface area contributed by atoms with Crippen LogP contribution in [-0.2, 0) is 4.79 Å². The van der Waals surface area contributed by atoms with E-state index in [0.29, 0.717) is 0 Å². The average Bonchev–Trinajstić information content (AvgIpc) is 2.08. The van der Waals surface area contributed by atoms with Gasteiger partial charge in [-0.2, -0.15) is 0 Å². The maximum atomic E-state index is 10.8. The molecule has 1 aliphatic rings. The van der Waals surface area contributed by atoms with E-state index in [0.717, 1.165) is 6.42 Å². The summed E-state index contributed by atoms with van der Waals surface area (Å²) in [6.07, 6.45) is 0.849. The normalized spacial score (nSPS) is 37.9. The smallest absolute Gasteiger partial charge is 0.305 e. The van der Waals surface area contributed by atoms with Crippen LogP contribution in [0, 0.1) is 16.7 Å². The molecule has 2 atom stereocenters. The second-order valence-corrected chi connectivity index (χ2v) is 6.31. The van der Waals surface area contributed by atoms with Gasteiger partial charge in [0.25, 0.3) is 0 Å². The van der Waals surface area contributed by atoms with Crippen LogP contribution < -0.4 is 5.73 Å². The number of nitrogens with two attached hydrogens (primary N) is 1. The Bertz CT molecular complexity index is 283. The lowest BCUT2D eigenvalue weighted by molar-refractivity contribution is -0.138. The van der Waals surface area contributed by atoms with E-state index in [1.807, 2.05) is 0 Å². The molecule has 2 unspecified atom stereocenters. The van der Waals surface area contributed by atoms with Crippen LogP contribution >= 0.6 is 0 Å². The van der Waals surface area contributed by atoms with Crippen molar-refractivity contribution in [2.24, 2.45) is 22.5 Å². The highest BCUT2D eigenvalue weighted by Gasteiger charge is 2.58. The molecule has 3 N–H and O–H groups in total. The van der Waals surface area contributed by atoms with E-state index in [9.17, 15) is 4.79 Å². The van der Waals surface area contributed by atoms with Gasteiger partial charge >= 0.3 is 5.97 Å². The molecule has 0 aromatic heterocycles. The van der Waals surface area contributed by atoms with Crippen LogP contribution in [0.3, 0.4) is 0 Å². The summed E-state index contributed by atoms with van der Waals surface area (Å²) in [5.74, 6) is -0.575. The Morgan fingerprint density at radius 3 is 2.13 bits per heavy atom. The second kappa shape index (κ2) is 3.21. The van der Waals surface area contributed by atoms with Crippen molar-refractivity contribution in [1.82, 2.24) is 0 Å². The number of rotatable bonds is 2. The summed E-state index contributed by atoms with van der Waals surface area (Å²) in [6.45, 7) is 10.8. The first-order chi connectivity index (χ1) is 6.53. The fraction of sp³-hybridized carbons (Fsp3) is 0.917. The van der Waals surface area contributed by atoms with Crippen LogP contribution in [-0.4, -0.2) is 16.6 Å². The van der Waals surface area contributed by atoms with Crippen LogP contribution in [0.1, 0.15) is 47.5 Å². The Kier molecular flexibility index (Phi) is 2.67. The zero-order chi connectivity index (χ0) is 12.1. The molecular weight excluding hydrogens is 190 g/mol. The number of hydrogen-bond donors (Lipinski definition) is 2. The Balaban J connectivity index is 3.03. The Hall–Kier alpha value is -0.570. The third-order valence-corrected chi connectivity index (χ3v) is 4.94. The van der Waals surface area contributed by atoms with Gasteiger partial charge in [-0.1, -0.05) is 34.6 Å². The minimum atomic E-state index is -0.794. The summed E-state index contributed by atoms with van der Waals surface area (Å²) in [6, 6.07) is 0. The van der Waals surface area contributed by atoms with Gasteiger partial charge in [-0.05, 0) is 23.2 Å². The number of carboxylic acid groups (broad SMARTS) is 1. The lowest BCUT2D eigenvalue weighted by Crippen LogP contribution is -2.46. The molecule has 1 fully saturated rings. The molecule has 1 aliphatic carbocycles. The zero-order valence-electron chi connectivity index (χ0n) is 10.4. The summed E-state index contributed by atoms with van der Waals surface area (Å²) in [5.41, 5.74) is 5.89. The van der Waals surface area contributed by atoms with Gasteiger partial charge < -0.3 is 10.8 Å². The standard InChI is InChI=1S/C12H23NO2/c1-8-11(4,5)10(2,3)7-12(8,13)6-9(14)15/h8H,6-7,13H2,1-5H3,(H,14,15). The first kappa shape index (κ1) is 12.5. The van der Waals surface area contributed by atoms with Crippen molar-refractivity contribution in [2.75, 3.05) is 0 Å². The minimum Gasteiger partial charge on any atom is -0.481 e. The lowest BCUT2D eigenvalue weighted by Gasteiger charge is -2.38. The Morgan fingerprint density at radius 2 is 1.87 bits per heavy atom. The fourth-order valence-corrected chi connectivity index (χ4v) is 3.01. The SMILES string of the molecule is CC1C(N)(CC(=O)O)CC(C)(C)C1(C)C. The molecule has 0 saturated heterocycles. The molecule has 0 spiro atoms. The summed E-state index contributed by atoms with van der Waals surface area (Å²) < 4.78 is 0. The van der Waals surface area contributed by atoms with Crippen LogP contribution in [0.15, 0.2) is 0 Å². The molecule has 0 bridgehead atoms. The second-order valence-electron chi connectivity index (χ2n) is 6.31. The van der Waals surface area contributed by atoms with E-state index in [1.54, 1.807) is 0 Å². The van der Waals surface area contributed by atoms with Gasteiger partial charge in [-0.3, -0.25) is 4.79 Å². The van der Waals surface area contributed by atoms with Crippen molar-refractivity contribution in [1.29, 1.82) is 0 Å². The highest BCUT2D eigenvalue weighted by Crippen LogP contribution is 2.59. The molecular formula is C12H23NO2. The van der Waals surface area contributed by atoms with E-state index in [1.165, 1.54) is 0 Å². The van der Waals surface area contributed by atoms with Crippen LogP contribution in [0.2, 0.25) is 0 Å². The first-order valence-corrected chi connectivity index (χ1v) is 5.54. The molecule has 15 heavy (non-hydrogen) atoms. The molecule has 88 valence electrons. The number of carbonyl (C=O) groups is 1. The highest BCUT2D eigenvalue weighted by molar-refractivity contribution is 5.68. The number of aliphatic carboxylic acids is 1. The van der Waals surface area contributed by atoms with Crippen LogP contribution in [0.5, 0.6) is 0 Å². The Morgan fingerprint density at radius 1 is 1.40 bits per heavy atom. The van der Waals surface area contributed by atoms with Gasteiger partial charge in [-0.15, -0.1) is 0 Å². The molecule has 1 saturated carbocycles. The number of hydrogen-bond acceptors (Lipinski definition) is 2. The molecule has 3 nitrogen and oxygen atoms in total. The molecule has 0 heterocycles. The fourth-order valence-electron chi connectivity index (χ4n) is 3.01. The predicted molar refractivity (Wildman–Crippen MR) is 60.5 cm³/mol. The van der Waals surface area contributed by atoms with Crippen molar-refractivity contribution < 1.29 is 9.90 Å². The van der Waals surface area contributed by atoms with E-state index in [4.69, 9.17) is 10.8 Å². The highest BCUT2D eigenvalue weighted by atomic mass is 16.4.